The third-order valence-corrected chi connectivity index (χ3v) is 4.81. The quantitative estimate of drug-likeness (QED) is 0.878. The molecule has 24 heavy (non-hydrogen) atoms. The summed E-state index contributed by atoms with van der Waals surface area (Å²) in [6.07, 6.45) is 0.756. The smallest absolute Gasteiger partial charge is 0.335 e. The Balaban J connectivity index is 1.84. The molecule has 3 rings (SSSR count). The van der Waals surface area contributed by atoms with Gasteiger partial charge in [0.25, 0.3) is 10.0 Å². The van der Waals surface area contributed by atoms with Gasteiger partial charge in [0.15, 0.2) is 11.5 Å². The van der Waals surface area contributed by atoms with E-state index in [9.17, 15) is 13.2 Å². The molecule has 1 aliphatic rings. The molecule has 0 bridgehead atoms. The number of ether oxygens (including phenoxy) is 2. The zero-order valence-electron chi connectivity index (χ0n) is 12.6. The lowest BCUT2D eigenvalue weighted by molar-refractivity contribution is 0.0696. The molecular weight excluding hydrogens is 334 g/mol. The molecule has 2 aromatic rings. The Bertz CT molecular complexity index is 861. The van der Waals surface area contributed by atoms with Crippen molar-refractivity contribution in [1.82, 2.24) is 0 Å². The first kappa shape index (κ1) is 16.1. The fraction of sp³-hybridized carbons (Fsp3) is 0.188. The Morgan fingerprint density at radius 2 is 1.67 bits per heavy atom. The van der Waals surface area contributed by atoms with E-state index in [1.165, 1.54) is 24.3 Å². The zero-order valence-corrected chi connectivity index (χ0v) is 13.4. The van der Waals surface area contributed by atoms with Crippen LogP contribution in [0.1, 0.15) is 16.8 Å². The van der Waals surface area contributed by atoms with E-state index in [0.29, 0.717) is 30.4 Å². The average molecular weight is 349 g/mol. The Morgan fingerprint density at radius 1 is 1.00 bits per heavy atom. The number of carboxylic acid groups (broad SMARTS) is 1. The molecule has 2 aromatic carbocycles. The normalized spacial score (nSPS) is 13.8. The fourth-order valence-electron chi connectivity index (χ4n) is 2.22. The van der Waals surface area contributed by atoms with Crippen LogP contribution in [0.4, 0.5) is 5.69 Å². The number of aromatic carboxylic acids is 1. The first-order chi connectivity index (χ1) is 11.5. The molecule has 126 valence electrons. The maximum absolute atomic E-state index is 12.4. The minimum atomic E-state index is -3.83. The summed E-state index contributed by atoms with van der Waals surface area (Å²) in [5.41, 5.74) is 0.353. The standard InChI is InChI=1S/C16H15NO6S/c18-16(19)11-2-5-13(6-3-11)24(20,21)17-12-4-7-14-15(10-12)23-9-1-8-22-14/h2-7,10,17H,1,8-9H2,(H,18,19). The van der Waals surface area contributed by atoms with Gasteiger partial charge in [0, 0.05) is 12.5 Å². The maximum atomic E-state index is 12.4. The summed E-state index contributed by atoms with van der Waals surface area (Å²) in [6, 6.07) is 9.76. The van der Waals surface area contributed by atoms with Crippen LogP contribution < -0.4 is 14.2 Å². The van der Waals surface area contributed by atoms with Crippen LogP contribution in [-0.2, 0) is 10.0 Å². The van der Waals surface area contributed by atoms with Crippen molar-refractivity contribution in [3.05, 3.63) is 48.0 Å². The number of hydrogen-bond donors (Lipinski definition) is 2. The molecule has 0 unspecified atom stereocenters. The van der Waals surface area contributed by atoms with Gasteiger partial charge in [-0.1, -0.05) is 0 Å². The number of benzene rings is 2. The number of hydrogen-bond acceptors (Lipinski definition) is 5. The van der Waals surface area contributed by atoms with Crippen molar-refractivity contribution in [3.63, 3.8) is 0 Å². The Labute approximate surface area is 138 Å². The summed E-state index contributed by atoms with van der Waals surface area (Å²) < 4.78 is 38.2. The van der Waals surface area contributed by atoms with Crippen molar-refractivity contribution in [1.29, 1.82) is 0 Å². The minimum absolute atomic E-state index is 0.0181. The van der Waals surface area contributed by atoms with Crippen LogP contribution in [0.25, 0.3) is 0 Å². The molecular formula is C16H15NO6S. The van der Waals surface area contributed by atoms with Crippen molar-refractivity contribution < 1.29 is 27.8 Å². The van der Waals surface area contributed by atoms with Gasteiger partial charge >= 0.3 is 5.97 Å². The molecule has 0 atom stereocenters. The lowest BCUT2D eigenvalue weighted by Crippen LogP contribution is -2.13. The summed E-state index contributed by atoms with van der Waals surface area (Å²) in [7, 11) is -3.83. The lowest BCUT2D eigenvalue weighted by Gasteiger charge is -2.12. The van der Waals surface area contributed by atoms with Crippen molar-refractivity contribution in [2.45, 2.75) is 11.3 Å². The minimum Gasteiger partial charge on any atom is -0.490 e. The lowest BCUT2D eigenvalue weighted by atomic mass is 10.2. The van der Waals surface area contributed by atoms with Gasteiger partial charge in [-0.05, 0) is 36.4 Å². The highest BCUT2D eigenvalue weighted by Crippen LogP contribution is 2.33. The van der Waals surface area contributed by atoms with Gasteiger partial charge in [0.05, 0.1) is 29.4 Å². The highest BCUT2D eigenvalue weighted by molar-refractivity contribution is 7.92. The van der Waals surface area contributed by atoms with E-state index < -0.39 is 16.0 Å². The number of carbonyl (C=O) groups is 1. The molecule has 8 heteroatoms. The number of fused-ring (bicyclic) bond motifs is 1. The van der Waals surface area contributed by atoms with E-state index in [1.54, 1.807) is 18.2 Å². The second-order valence-corrected chi connectivity index (χ2v) is 6.83. The van der Waals surface area contributed by atoms with E-state index in [1.807, 2.05) is 0 Å². The second-order valence-electron chi connectivity index (χ2n) is 5.15. The molecule has 7 nitrogen and oxygen atoms in total. The molecule has 0 fully saturated rings. The van der Waals surface area contributed by atoms with E-state index >= 15 is 0 Å². The van der Waals surface area contributed by atoms with Crippen LogP contribution in [-0.4, -0.2) is 32.7 Å². The second kappa shape index (κ2) is 6.40. The topological polar surface area (TPSA) is 102 Å². The van der Waals surface area contributed by atoms with E-state index in [0.717, 1.165) is 6.42 Å². The van der Waals surface area contributed by atoms with E-state index in [-0.39, 0.29) is 10.5 Å². The van der Waals surface area contributed by atoms with E-state index in [2.05, 4.69) is 4.72 Å². The molecule has 0 spiro atoms. The maximum Gasteiger partial charge on any atom is 0.335 e. The van der Waals surface area contributed by atoms with Gasteiger partial charge < -0.3 is 14.6 Å². The van der Waals surface area contributed by atoms with Crippen molar-refractivity contribution >= 4 is 21.7 Å². The third-order valence-electron chi connectivity index (χ3n) is 3.41. The Hall–Kier alpha value is -2.74. The molecule has 0 amide bonds. The molecule has 0 saturated heterocycles. The molecule has 2 N–H and O–H groups in total. The third kappa shape index (κ3) is 3.43. The summed E-state index contributed by atoms with van der Waals surface area (Å²) >= 11 is 0. The van der Waals surface area contributed by atoms with Crippen molar-refractivity contribution in [2.24, 2.45) is 0 Å². The first-order valence-corrected chi connectivity index (χ1v) is 8.70. The van der Waals surface area contributed by atoms with Gasteiger partial charge in [0.1, 0.15) is 0 Å². The van der Waals surface area contributed by atoms with Gasteiger partial charge in [-0.3, -0.25) is 4.72 Å². The van der Waals surface area contributed by atoms with Gasteiger partial charge in [-0.25, -0.2) is 13.2 Å². The van der Waals surface area contributed by atoms with Crippen LogP contribution in [0.15, 0.2) is 47.4 Å². The highest BCUT2D eigenvalue weighted by atomic mass is 32.2. The number of rotatable bonds is 4. The fourth-order valence-corrected chi connectivity index (χ4v) is 3.27. The van der Waals surface area contributed by atoms with Crippen molar-refractivity contribution in [2.75, 3.05) is 17.9 Å². The first-order valence-electron chi connectivity index (χ1n) is 7.21. The number of anilines is 1. The van der Waals surface area contributed by atoms with Gasteiger partial charge in [-0.2, -0.15) is 0 Å². The van der Waals surface area contributed by atoms with Gasteiger partial charge in [0.2, 0.25) is 0 Å². The molecule has 0 aliphatic carbocycles. The van der Waals surface area contributed by atoms with Crippen LogP contribution in [0.2, 0.25) is 0 Å². The summed E-state index contributed by atoms with van der Waals surface area (Å²) in [4.78, 5) is 10.8. The number of carboxylic acids is 1. The predicted molar refractivity (Wildman–Crippen MR) is 86.3 cm³/mol. The van der Waals surface area contributed by atoms with E-state index in [4.69, 9.17) is 14.6 Å². The largest absolute Gasteiger partial charge is 0.490 e. The average Bonchev–Trinajstić information content (AvgIpc) is 2.79. The number of nitrogens with one attached hydrogen (secondary N) is 1. The monoisotopic (exact) mass is 349 g/mol. The summed E-state index contributed by atoms with van der Waals surface area (Å²) in [6.45, 7) is 1.05. The Morgan fingerprint density at radius 3 is 2.33 bits per heavy atom. The summed E-state index contributed by atoms with van der Waals surface area (Å²) in [5, 5.41) is 8.86. The zero-order chi connectivity index (χ0) is 17.2. The van der Waals surface area contributed by atoms with Crippen LogP contribution in [0.3, 0.4) is 0 Å². The molecule has 0 radical (unpaired) electrons. The van der Waals surface area contributed by atoms with Gasteiger partial charge in [-0.15, -0.1) is 0 Å². The summed E-state index contributed by atoms with van der Waals surface area (Å²) in [5.74, 6) is -0.0648. The van der Waals surface area contributed by atoms with Crippen LogP contribution in [0, 0.1) is 0 Å². The molecule has 0 saturated carbocycles. The van der Waals surface area contributed by atoms with Crippen LogP contribution >= 0.6 is 0 Å². The highest BCUT2D eigenvalue weighted by Gasteiger charge is 2.17. The number of sulfonamides is 1. The van der Waals surface area contributed by atoms with Crippen LogP contribution in [0.5, 0.6) is 11.5 Å². The molecule has 1 aliphatic heterocycles. The predicted octanol–water partition coefficient (Wildman–Crippen LogP) is 2.35. The molecule has 0 aromatic heterocycles. The molecule has 1 heterocycles. The SMILES string of the molecule is O=C(O)c1ccc(S(=O)(=O)Nc2ccc3c(c2)OCCCO3)cc1. The van der Waals surface area contributed by atoms with Crippen molar-refractivity contribution in [3.8, 4) is 11.5 Å². The Kier molecular flexibility index (Phi) is 4.30.